The number of nitrogens with zero attached hydrogens (tertiary/aromatic N) is 1. The van der Waals surface area contributed by atoms with E-state index in [0.717, 1.165) is 17.6 Å². The summed E-state index contributed by atoms with van der Waals surface area (Å²) < 4.78 is 0. The second kappa shape index (κ2) is 5.22. The molecule has 1 fully saturated rings. The monoisotopic (exact) mass is 251 g/mol. The molecule has 6 heteroatoms. The van der Waals surface area contributed by atoms with Gasteiger partial charge in [0.1, 0.15) is 0 Å². The van der Waals surface area contributed by atoms with Gasteiger partial charge in [-0.2, -0.15) is 0 Å². The molecule has 1 atom stereocenters. The van der Waals surface area contributed by atoms with Gasteiger partial charge in [-0.15, -0.1) is 0 Å². The number of nitrogens with one attached hydrogen (secondary N) is 2. The van der Waals surface area contributed by atoms with E-state index < -0.39 is 0 Å². The topological polar surface area (TPSA) is 81.7 Å². The number of carbonyl (C=O) groups is 2. The summed E-state index contributed by atoms with van der Waals surface area (Å²) in [5, 5.41) is 11.2. The van der Waals surface area contributed by atoms with Crippen molar-refractivity contribution >= 4 is 11.9 Å². The normalized spacial score (nSPS) is 22.6. The van der Waals surface area contributed by atoms with Crippen molar-refractivity contribution < 1.29 is 14.8 Å². The maximum absolute atomic E-state index is 11.5. The minimum atomic E-state index is -0.383. The lowest BCUT2D eigenvalue weighted by atomic mass is 9.86. The van der Waals surface area contributed by atoms with Crippen LogP contribution in [0.5, 0.6) is 0 Å². The van der Waals surface area contributed by atoms with E-state index in [2.05, 4.69) is 5.32 Å². The molecular formula is C12H17N3O3. The first-order valence-corrected chi connectivity index (χ1v) is 5.96. The van der Waals surface area contributed by atoms with Gasteiger partial charge in [0.2, 0.25) is 0 Å². The molecule has 18 heavy (non-hydrogen) atoms. The number of amides is 3. The Balaban J connectivity index is 2.06. The molecule has 1 saturated heterocycles. The van der Waals surface area contributed by atoms with E-state index in [9.17, 15) is 9.59 Å². The Morgan fingerprint density at radius 1 is 1.44 bits per heavy atom. The zero-order valence-corrected chi connectivity index (χ0v) is 10.3. The zero-order valence-electron chi connectivity index (χ0n) is 10.3. The molecule has 0 aromatic carbocycles. The molecule has 1 aliphatic heterocycles. The van der Waals surface area contributed by atoms with Crippen LogP contribution in [0, 0.1) is 5.92 Å². The van der Waals surface area contributed by atoms with E-state index in [-0.39, 0.29) is 17.9 Å². The van der Waals surface area contributed by atoms with E-state index in [4.69, 9.17) is 5.21 Å². The summed E-state index contributed by atoms with van der Waals surface area (Å²) in [5.41, 5.74) is 3.89. The number of hydroxylamine groups is 1. The van der Waals surface area contributed by atoms with Crippen LogP contribution in [0.25, 0.3) is 0 Å². The summed E-state index contributed by atoms with van der Waals surface area (Å²) in [6.45, 7) is 1.23. The highest BCUT2D eigenvalue weighted by molar-refractivity contribution is 5.80. The average Bonchev–Trinajstić information content (AvgIpc) is 2.44. The first-order chi connectivity index (χ1) is 8.65. The van der Waals surface area contributed by atoms with E-state index in [1.807, 2.05) is 12.2 Å². The Labute approximate surface area is 105 Å². The molecule has 2 aliphatic rings. The molecule has 3 amide bonds. The minimum Gasteiger partial charge on any atom is -0.341 e. The van der Waals surface area contributed by atoms with Crippen molar-refractivity contribution in [2.75, 3.05) is 20.1 Å². The number of rotatable bonds is 1. The lowest BCUT2D eigenvalue weighted by Gasteiger charge is -2.32. The molecular weight excluding hydrogens is 234 g/mol. The van der Waals surface area contributed by atoms with Crippen molar-refractivity contribution in [1.82, 2.24) is 15.7 Å². The van der Waals surface area contributed by atoms with Crippen molar-refractivity contribution in [3.8, 4) is 0 Å². The summed E-state index contributed by atoms with van der Waals surface area (Å²) in [6, 6.07) is -0.0785. The molecule has 0 saturated carbocycles. The fourth-order valence-electron chi connectivity index (χ4n) is 2.37. The Bertz CT molecular complexity index is 428. The fraction of sp³-hybridized carbons (Fsp3) is 0.500. The molecule has 0 aromatic rings. The van der Waals surface area contributed by atoms with Crippen LogP contribution in [-0.2, 0) is 4.79 Å². The fourth-order valence-corrected chi connectivity index (χ4v) is 2.37. The number of allylic oxidation sites excluding steroid dienone is 1. The van der Waals surface area contributed by atoms with Crippen LogP contribution < -0.4 is 10.8 Å². The summed E-state index contributed by atoms with van der Waals surface area (Å²) in [5.74, 6) is -0.688. The number of fused-ring (bicyclic) bond motifs is 1. The molecule has 0 aromatic heterocycles. The molecule has 2 rings (SSSR count). The Morgan fingerprint density at radius 2 is 2.22 bits per heavy atom. The number of piperidine rings is 1. The number of likely N-dealkylation sites (tertiary alicyclic amines) is 1. The number of hydrogen-bond acceptors (Lipinski definition) is 3. The zero-order chi connectivity index (χ0) is 13.1. The van der Waals surface area contributed by atoms with Gasteiger partial charge in [0.15, 0.2) is 0 Å². The Kier molecular flexibility index (Phi) is 3.66. The van der Waals surface area contributed by atoms with Crippen molar-refractivity contribution in [2.45, 2.75) is 12.8 Å². The van der Waals surface area contributed by atoms with Crippen molar-refractivity contribution in [3.05, 3.63) is 23.3 Å². The summed E-state index contributed by atoms with van der Waals surface area (Å²) in [4.78, 5) is 24.6. The van der Waals surface area contributed by atoms with Crippen LogP contribution in [0.2, 0.25) is 0 Å². The largest absolute Gasteiger partial charge is 0.341 e. The number of hydrogen-bond donors (Lipinski definition) is 3. The standard InChI is InChI=1S/C12H17N3O3/c1-13-12(17)15-5-4-8-6-9(11(16)14-18)2-3-10(8)7-15/h3,6,9,18H,2,4-5,7H2,1H3,(H,13,17)(H,14,16). The molecule has 98 valence electrons. The second-order valence-corrected chi connectivity index (χ2v) is 4.47. The van der Waals surface area contributed by atoms with Crippen LogP contribution in [0.15, 0.2) is 23.3 Å². The third-order valence-electron chi connectivity index (χ3n) is 3.39. The molecule has 1 unspecified atom stereocenters. The van der Waals surface area contributed by atoms with E-state index in [0.29, 0.717) is 19.5 Å². The van der Waals surface area contributed by atoms with Gasteiger partial charge in [-0.3, -0.25) is 10.0 Å². The molecule has 0 spiro atoms. The predicted octanol–water partition coefficient (Wildman–Crippen LogP) is 0.410. The molecule has 3 N–H and O–H groups in total. The maximum Gasteiger partial charge on any atom is 0.317 e. The third-order valence-corrected chi connectivity index (χ3v) is 3.39. The van der Waals surface area contributed by atoms with E-state index >= 15 is 0 Å². The van der Waals surface area contributed by atoms with Crippen molar-refractivity contribution in [3.63, 3.8) is 0 Å². The van der Waals surface area contributed by atoms with Gasteiger partial charge < -0.3 is 10.2 Å². The van der Waals surface area contributed by atoms with Gasteiger partial charge in [-0.1, -0.05) is 12.2 Å². The van der Waals surface area contributed by atoms with Gasteiger partial charge in [0, 0.05) is 20.1 Å². The number of urea groups is 1. The van der Waals surface area contributed by atoms with E-state index in [1.165, 1.54) is 0 Å². The van der Waals surface area contributed by atoms with Crippen LogP contribution in [0.4, 0.5) is 4.79 Å². The Morgan fingerprint density at radius 3 is 2.89 bits per heavy atom. The van der Waals surface area contributed by atoms with Gasteiger partial charge in [0.25, 0.3) is 5.91 Å². The van der Waals surface area contributed by atoms with Gasteiger partial charge in [-0.25, -0.2) is 10.3 Å². The highest BCUT2D eigenvalue weighted by Gasteiger charge is 2.27. The SMILES string of the molecule is CNC(=O)N1CCC2=CC(C(=O)NO)CC=C2C1. The summed E-state index contributed by atoms with van der Waals surface area (Å²) in [7, 11) is 1.62. The van der Waals surface area contributed by atoms with Crippen molar-refractivity contribution in [1.29, 1.82) is 0 Å². The molecule has 1 heterocycles. The Hall–Kier alpha value is -1.82. The minimum absolute atomic E-state index is 0.0785. The highest BCUT2D eigenvalue weighted by Crippen LogP contribution is 2.29. The van der Waals surface area contributed by atoms with Crippen LogP contribution in [-0.4, -0.2) is 42.2 Å². The van der Waals surface area contributed by atoms with Crippen molar-refractivity contribution in [2.24, 2.45) is 5.92 Å². The van der Waals surface area contributed by atoms with Gasteiger partial charge in [-0.05, 0) is 24.0 Å². The second-order valence-electron chi connectivity index (χ2n) is 4.47. The highest BCUT2D eigenvalue weighted by atomic mass is 16.5. The quantitative estimate of drug-likeness (QED) is 0.466. The predicted molar refractivity (Wildman–Crippen MR) is 64.8 cm³/mol. The van der Waals surface area contributed by atoms with Crippen LogP contribution >= 0.6 is 0 Å². The smallest absolute Gasteiger partial charge is 0.317 e. The average molecular weight is 251 g/mol. The first kappa shape index (κ1) is 12.6. The van der Waals surface area contributed by atoms with Crippen LogP contribution in [0.1, 0.15) is 12.8 Å². The molecule has 0 bridgehead atoms. The number of carbonyl (C=O) groups excluding carboxylic acids is 2. The van der Waals surface area contributed by atoms with Gasteiger partial charge >= 0.3 is 6.03 Å². The summed E-state index contributed by atoms with van der Waals surface area (Å²) >= 11 is 0. The lowest BCUT2D eigenvalue weighted by molar-refractivity contribution is -0.131. The third kappa shape index (κ3) is 2.38. The van der Waals surface area contributed by atoms with Crippen LogP contribution in [0.3, 0.4) is 0 Å². The summed E-state index contributed by atoms with van der Waals surface area (Å²) in [6.07, 6.45) is 5.17. The van der Waals surface area contributed by atoms with E-state index in [1.54, 1.807) is 17.4 Å². The lowest BCUT2D eigenvalue weighted by Crippen LogP contribution is -2.43. The molecule has 1 aliphatic carbocycles. The first-order valence-electron chi connectivity index (χ1n) is 5.96. The van der Waals surface area contributed by atoms with Gasteiger partial charge in [0.05, 0.1) is 5.92 Å². The molecule has 0 radical (unpaired) electrons. The maximum atomic E-state index is 11.5. The molecule has 6 nitrogen and oxygen atoms in total.